The van der Waals surface area contributed by atoms with Crippen LogP contribution in [0, 0.1) is 3.57 Å². The SMILES string of the molecule is COc1ccccc1CCNC1CC(C(=O)NCCO)=CC(Oc2c(I)cc(C=O)cc2OC)C1O. The van der Waals surface area contributed by atoms with E-state index in [0.717, 1.165) is 17.6 Å². The molecule has 10 heteroatoms. The molecule has 0 spiro atoms. The first-order valence-electron chi connectivity index (χ1n) is 11.5. The quantitative estimate of drug-likeness (QED) is 0.212. The monoisotopic (exact) mass is 610 g/mol. The van der Waals surface area contributed by atoms with Crippen LogP contribution in [0.3, 0.4) is 0 Å². The second kappa shape index (κ2) is 13.6. The van der Waals surface area contributed by atoms with Crippen LogP contribution in [-0.4, -0.2) is 74.6 Å². The maximum Gasteiger partial charge on any atom is 0.247 e. The molecule has 0 saturated heterocycles. The van der Waals surface area contributed by atoms with Crippen molar-refractivity contribution in [1.29, 1.82) is 0 Å². The molecule has 2 aromatic carbocycles. The summed E-state index contributed by atoms with van der Waals surface area (Å²) in [6, 6.07) is 10.5. The molecular formula is C26H31IN2O7. The summed E-state index contributed by atoms with van der Waals surface area (Å²) in [6.45, 7) is 0.477. The van der Waals surface area contributed by atoms with Crippen molar-refractivity contribution in [3.63, 3.8) is 0 Å². The van der Waals surface area contributed by atoms with E-state index in [1.807, 2.05) is 46.9 Å². The van der Waals surface area contributed by atoms with E-state index in [9.17, 15) is 14.7 Å². The van der Waals surface area contributed by atoms with Crippen molar-refractivity contribution in [3.05, 3.63) is 62.7 Å². The van der Waals surface area contributed by atoms with E-state index >= 15 is 0 Å². The molecule has 3 rings (SSSR count). The molecule has 194 valence electrons. The van der Waals surface area contributed by atoms with E-state index in [-0.39, 0.29) is 25.5 Å². The van der Waals surface area contributed by atoms with Crippen molar-refractivity contribution in [2.24, 2.45) is 0 Å². The normalized spacial score (nSPS) is 19.2. The van der Waals surface area contributed by atoms with E-state index in [2.05, 4.69) is 10.6 Å². The van der Waals surface area contributed by atoms with Gasteiger partial charge in [0.25, 0.3) is 0 Å². The number of carbonyl (C=O) groups excluding carboxylic acids is 2. The Kier molecular flexibility index (Phi) is 10.5. The summed E-state index contributed by atoms with van der Waals surface area (Å²) in [5.74, 6) is 1.17. The molecule has 0 aromatic heterocycles. The average Bonchev–Trinajstić information content (AvgIpc) is 2.90. The zero-order valence-electron chi connectivity index (χ0n) is 20.2. The fourth-order valence-corrected chi connectivity index (χ4v) is 4.81. The van der Waals surface area contributed by atoms with Crippen LogP contribution in [0.5, 0.6) is 17.2 Å². The van der Waals surface area contributed by atoms with Crippen molar-refractivity contribution < 1.29 is 34.0 Å². The number of carbonyl (C=O) groups is 2. The number of aliphatic hydroxyl groups excluding tert-OH is 2. The zero-order chi connectivity index (χ0) is 26.1. The van der Waals surface area contributed by atoms with Crippen LogP contribution in [0.25, 0.3) is 0 Å². The van der Waals surface area contributed by atoms with Gasteiger partial charge in [-0.05, 0) is 71.8 Å². The molecule has 0 heterocycles. The lowest BCUT2D eigenvalue weighted by atomic mass is 9.89. The van der Waals surface area contributed by atoms with Crippen LogP contribution in [-0.2, 0) is 11.2 Å². The summed E-state index contributed by atoms with van der Waals surface area (Å²) >= 11 is 2.04. The molecule has 4 N–H and O–H groups in total. The number of nitrogens with one attached hydrogen (secondary N) is 2. The molecule has 0 fully saturated rings. The third-order valence-electron chi connectivity index (χ3n) is 5.88. The molecule has 1 aliphatic carbocycles. The number of aliphatic hydroxyl groups is 2. The van der Waals surface area contributed by atoms with Crippen LogP contribution in [0.4, 0.5) is 0 Å². The predicted octanol–water partition coefficient (Wildman–Crippen LogP) is 1.87. The molecule has 0 aliphatic heterocycles. The number of rotatable bonds is 12. The van der Waals surface area contributed by atoms with Gasteiger partial charge in [0, 0.05) is 23.7 Å². The van der Waals surface area contributed by atoms with E-state index in [0.29, 0.717) is 39.2 Å². The predicted molar refractivity (Wildman–Crippen MR) is 143 cm³/mol. The van der Waals surface area contributed by atoms with E-state index in [1.54, 1.807) is 25.3 Å². The number of hydrogen-bond donors (Lipinski definition) is 4. The molecule has 1 amide bonds. The average molecular weight is 610 g/mol. The highest BCUT2D eigenvalue weighted by Crippen LogP contribution is 2.36. The third-order valence-corrected chi connectivity index (χ3v) is 6.68. The maximum absolute atomic E-state index is 12.7. The Bertz CT molecular complexity index is 1090. The number of halogens is 1. The molecule has 3 atom stereocenters. The van der Waals surface area contributed by atoms with Crippen LogP contribution >= 0.6 is 22.6 Å². The number of ether oxygens (including phenoxy) is 3. The fraction of sp³-hybridized carbons (Fsp3) is 0.385. The molecular weight excluding hydrogens is 579 g/mol. The van der Waals surface area contributed by atoms with Gasteiger partial charge in [-0.2, -0.15) is 0 Å². The Morgan fingerprint density at radius 3 is 2.61 bits per heavy atom. The summed E-state index contributed by atoms with van der Waals surface area (Å²) in [6.07, 6.45) is 1.43. The number of benzene rings is 2. The Morgan fingerprint density at radius 2 is 1.92 bits per heavy atom. The van der Waals surface area contributed by atoms with Crippen LogP contribution in [0.15, 0.2) is 48.0 Å². The Morgan fingerprint density at radius 1 is 1.17 bits per heavy atom. The number of hydrogen-bond acceptors (Lipinski definition) is 8. The van der Waals surface area contributed by atoms with Gasteiger partial charge < -0.3 is 35.1 Å². The first-order chi connectivity index (χ1) is 17.4. The zero-order valence-corrected chi connectivity index (χ0v) is 22.4. The van der Waals surface area contributed by atoms with Crippen molar-refractivity contribution in [3.8, 4) is 17.2 Å². The number of methoxy groups -OCH3 is 2. The standard InChI is InChI=1S/C26H31IN2O7/c1-34-21-6-4-3-5-17(21)7-8-28-20-13-18(26(33)29-9-10-30)14-22(24(20)32)36-25-19(27)11-16(15-31)12-23(25)35-2/h3-6,11-12,14-15,20,22,24,28,30,32H,7-10,13H2,1-2H3,(H,29,33). The molecule has 36 heavy (non-hydrogen) atoms. The van der Waals surface area contributed by atoms with Crippen molar-refractivity contribution in [2.75, 3.05) is 33.9 Å². The second-order valence-corrected chi connectivity index (χ2v) is 9.39. The highest BCUT2D eigenvalue weighted by molar-refractivity contribution is 14.1. The fourth-order valence-electron chi connectivity index (χ4n) is 4.06. The van der Waals surface area contributed by atoms with Gasteiger partial charge in [-0.25, -0.2) is 0 Å². The number of aldehydes is 1. The number of amides is 1. The summed E-state index contributed by atoms with van der Waals surface area (Å²) in [5, 5.41) is 26.3. The van der Waals surface area contributed by atoms with Gasteiger partial charge in [0.1, 0.15) is 24.2 Å². The van der Waals surface area contributed by atoms with Crippen LogP contribution < -0.4 is 24.8 Å². The lowest BCUT2D eigenvalue weighted by Crippen LogP contribution is -2.52. The Labute approximate surface area is 224 Å². The van der Waals surface area contributed by atoms with Crippen LogP contribution in [0.2, 0.25) is 0 Å². The van der Waals surface area contributed by atoms with Crippen molar-refractivity contribution >= 4 is 34.8 Å². The summed E-state index contributed by atoms with van der Waals surface area (Å²) in [7, 11) is 3.09. The van der Waals surface area contributed by atoms with E-state index in [1.165, 1.54) is 7.11 Å². The summed E-state index contributed by atoms with van der Waals surface area (Å²) in [4.78, 5) is 24.0. The Balaban J connectivity index is 1.82. The summed E-state index contributed by atoms with van der Waals surface area (Å²) < 4.78 is 17.6. The first-order valence-corrected chi connectivity index (χ1v) is 12.6. The van der Waals surface area contributed by atoms with Gasteiger partial charge in [-0.1, -0.05) is 18.2 Å². The maximum atomic E-state index is 12.7. The minimum absolute atomic E-state index is 0.120. The van der Waals surface area contributed by atoms with Crippen molar-refractivity contribution in [1.82, 2.24) is 10.6 Å². The van der Waals surface area contributed by atoms with E-state index < -0.39 is 18.2 Å². The Hall–Kier alpha value is -2.67. The smallest absolute Gasteiger partial charge is 0.247 e. The largest absolute Gasteiger partial charge is 0.496 e. The van der Waals surface area contributed by atoms with Gasteiger partial charge in [0.05, 0.1) is 24.4 Å². The molecule has 0 saturated carbocycles. The van der Waals surface area contributed by atoms with Gasteiger partial charge in [-0.3, -0.25) is 9.59 Å². The number of para-hydroxylation sites is 1. The molecule has 3 unspecified atom stereocenters. The minimum atomic E-state index is -0.969. The van der Waals surface area contributed by atoms with Gasteiger partial charge >= 0.3 is 0 Å². The molecule has 2 aromatic rings. The topological polar surface area (TPSA) is 126 Å². The third kappa shape index (κ3) is 6.96. The van der Waals surface area contributed by atoms with Gasteiger partial charge in [0.15, 0.2) is 11.5 Å². The van der Waals surface area contributed by atoms with Gasteiger partial charge in [0.2, 0.25) is 5.91 Å². The summed E-state index contributed by atoms with van der Waals surface area (Å²) in [5.41, 5.74) is 1.90. The molecule has 1 aliphatic rings. The second-order valence-electron chi connectivity index (χ2n) is 8.22. The molecule has 9 nitrogen and oxygen atoms in total. The van der Waals surface area contributed by atoms with E-state index in [4.69, 9.17) is 19.3 Å². The van der Waals surface area contributed by atoms with Gasteiger partial charge in [-0.15, -0.1) is 0 Å². The van der Waals surface area contributed by atoms with Crippen LogP contribution in [0.1, 0.15) is 22.3 Å². The molecule has 0 radical (unpaired) electrons. The lowest BCUT2D eigenvalue weighted by Gasteiger charge is -2.34. The van der Waals surface area contributed by atoms with Crippen molar-refractivity contribution in [2.45, 2.75) is 31.1 Å². The lowest BCUT2D eigenvalue weighted by molar-refractivity contribution is -0.118. The highest BCUT2D eigenvalue weighted by Gasteiger charge is 2.36. The first kappa shape index (κ1) is 27.9. The molecule has 0 bridgehead atoms. The highest BCUT2D eigenvalue weighted by atomic mass is 127. The minimum Gasteiger partial charge on any atom is -0.496 e.